The molecule has 2 aromatic carbocycles. The van der Waals surface area contributed by atoms with E-state index < -0.39 is 11.9 Å². The molecule has 43 heavy (non-hydrogen) atoms. The minimum absolute atomic E-state index is 0.0757. The molecule has 0 radical (unpaired) electrons. The van der Waals surface area contributed by atoms with Crippen LogP contribution in [0.1, 0.15) is 50.0 Å². The van der Waals surface area contributed by atoms with Gasteiger partial charge in [0.2, 0.25) is 5.91 Å². The van der Waals surface area contributed by atoms with Crippen LogP contribution in [0.5, 0.6) is 11.5 Å². The average Bonchev–Trinajstić information content (AvgIpc) is 3.70. The van der Waals surface area contributed by atoms with Gasteiger partial charge in [0.15, 0.2) is 5.69 Å². The number of nitrogens with zero attached hydrogens (tertiary/aromatic N) is 4. The Balaban J connectivity index is 1.18. The van der Waals surface area contributed by atoms with Crippen molar-refractivity contribution >= 4 is 17.8 Å². The van der Waals surface area contributed by atoms with Gasteiger partial charge in [-0.25, -0.2) is 9.78 Å². The fraction of sp³-hybridized carbons (Fsp3) is 0.406. The third-order valence-corrected chi connectivity index (χ3v) is 8.27. The van der Waals surface area contributed by atoms with Gasteiger partial charge in [-0.3, -0.25) is 19.5 Å². The lowest BCUT2D eigenvalue weighted by Crippen LogP contribution is -2.40. The molecule has 1 N–H and O–H groups in total. The first kappa shape index (κ1) is 28.6. The van der Waals surface area contributed by atoms with Crippen molar-refractivity contribution < 1.29 is 28.6 Å². The standard InChI is InChI=1S/C32H35N5O6/c1-41-32(40)28-17-34-24(16-35-28)18-36-10-3-12-42-25-5-2-4-21(15-25)26-19-37(20-27(26)30(38)33-9-11-36)31(39)23-6-7-29-22(14-23)8-13-43-29/h2,4-7,14-17,26-27H,3,8-13,18-20H2,1H3,(H,33,38)/t26-,27+/m1/s1. The van der Waals surface area contributed by atoms with E-state index in [2.05, 4.69) is 20.2 Å². The number of amides is 2. The number of carbonyl (C=O) groups excluding carboxylic acids is 3. The molecule has 2 bridgehead atoms. The molecule has 4 heterocycles. The van der Waals surface area contributed by atoms with Gasteiger partial charge in [-0.1, -0.05) is 12.1 Å². The molecule has 6 rings (SSSR count). The summed E-state index contributed by atoms with van der Waals surface area (Å²) in [6.45, 7) is 4.19. The molecule has 3 aromatic rings. The van der Waals surface area contributed by atoms with Crippen molar-refractivity contribution in [3.63, 3.8) is 0 Å². The van der Waals surface area contributed by atoms with Gasteiger partial charge in [0.05, 0.1) is 44.3 Å². The van der Waals surface area contributed by atoms with E-state index in [1.165, 1.54) is 13.3 Å². The van der Waals surface area contributed by atoms with Gasteiger partial charge < -0.3 is 24.4 Å². The molecule has 0 saturated carbocycles. The van der Waals surface area contributed by atoms with Crippen molar-refractivity contribution in [2.45, 2.75) is 25.3 Å². The molecule has 3 aliphatic rings. The van der Waals surface area contributed by atoms with E-state index in [4.69, 9.17) is 14.2 Å². The van der Waals surface area contributed by atoms with Gasteiger partial charge in [0, 0.05) is 57.2 Å². The van der Waals surface area contributed by atoms with Gasteiger partial charge in [0.25, 0.3) is 5.91 Å². The van der Waals surface area contributed by atoms with E-state index in [0.29, 0.717) is 57.2 Å². The monoisotopic (exact) mass is 585 g/mol. The van der Waals surface area contributed by atoms with Crippen LogP contribution in [-0.4, -0.2) is 90.6 Å². The van der Waals surface area contributed by atoms with Crippen LogP contribution < -0.4 is 14.8 Å². The van der Waals surface area contributed by atoms with Crippen LogP contribution in [-0.2, 0) is 22.5 Å². The van der Waals surface area contributed by atoms with Gasteiger partial charge in [-0.05, 0) is 47.9 Å². The summed E-state index contributed by atoms with van der Waals surface area (Å²) in [5.41, 5.74) is 3.50. The van der Waals surface area contributed by atoms with E-state index in [1.54, 1.807) is 17.2 Å². The van der Waals surface area contributed by atoms with Crippen molar-refractivity contribution in [2.75, 3.05) is 53.0 Å². The number of ether oxygens (including phenoxy) is 3. The van der Waals surface area contributed by atoms with Crippen LogP contribution >= 0.6 is 0 Å². The van der Waals surface area contributed by atoms with Crippen LogP contribution in [0.2, 0.25) is 0 Å². The van der Waals surface area contributed by atoms with Crippen molar-refractivity contribution in [3.05, 3.63) is 82.9 Å². The lowest BCUT2D eigenvalue weighted by atomic mass is 9.88. The number of fused-ring (bicyclic) bond motifs is 5. The number of nitrogens with one attached hydrogen (secondary N) is 1. The molecular formula is C32H35N5O6. The Labute approximate surface area is 250 Å². The number of likely N-dealkylation sites (tertiary alicyclic amines) is 1. The van der Waals surface area contributed by atoms with Crippen LogP contribution in [0.3, 0.4) is 0 Å². The van der Waals surface area contributed by atoms with E-state index in [-0.39, 0.29) is 23.4 Å². The molecule has 0 spiro atoms. The van der Waals surface area contributed by atoms with Gasteiger partial charge in [0.1, 0.15) is 11.5 Å². The zero-order chi connectivity index (χ0) is 29.8. The number of benzene rings is 2. The van der Waals surface area contributed by atoms with Crippen molar-refractivity contribution in [1.82, 2.24) is 25.1 Å². The summed E-state index contributed by atoms with van der Waals surface area (Å²) in [7, 11) is 1.30. The maximum Gasteiger partial charge on any atom is 0.358 e. The first-order chi connectivity index (χ1) is 21.0. The second-order valence-electron chi connectivity index (χ2n) is 11.1. The number of hydrogen-bond donors (Lipinski definition) is 1. The van der Waals surface area contributed by atoms with E-state index >= 15 is 0 Å². The highest BCUT2D eigenvalue weighted by atomic mass is 16.5. The van der Waals surface area contributed by atoms with Crippen LogP contribution in [0, 0.1) is 5.92 Å². The molecule has 2 amide bonds. The lowest BCUT2D eigenvalue weighted by Gasteiger charge is -2.24. The first-order valence-electron chi connectivity index (χ1n) is 14.7. The van der Waals surface area contributed by atoms with E-state index in [9.17, 15) is 14.4 Å². The molecule has 2 atom stereocenters. The summed E-state index contributed by atoms with van der Waals surface area (Å²) in [5, 5.41) is 3.13. The number of methoxy groups -OCH3 is 1. The molecule has 1 fully saturated rings. The van der Waals surface area contributed by atoms with Crippen molar-refractivity contribution in [2.24, 2.45) is 5.92 Å². The number of aromatic nitrogens is 2. The molecule has 0 unspecified atom stereocenters. The Kier molecular flexibility index (Phi) is 8.50. The third kappa shape index (κ3) is 6.46. The summed E-state index contributed by atoms with van der Waals surface area (Å²) in [6, 6.07) is 13.5. The number of rotatable bonds is 4. The summed E-state index contributed by atoms with van der Waals surface area (Å²) < 4.78 is 16.4. The molecular weight excluding hydrogens is 550 g/mol. The summed E-state index contributed by atoms with van der Waals surface area (Å²) in [6.07, 6.45) is 4.54. The Morgan fingerprint density at radius 2 is 1.91 bits per heavy atom. The largest absolute Gasteiger partial charge is 0.494 e. The van der Waals surface area contributed by atoms with Crippen LogP contribution in [0.4, 0.5) is 0 Å². The normalized spacial score (nSPS) is 20.6. The molecule has 11 heteroatoms. The maximum absolute atomic E-state index is 13.6. The summed E-state index contributed by atoms with van der Waals surface area (Å²) in [5.74, 6) is 0.333. The van der Waals surface area contributed by atoms with Crippen LogP contribution in [0.25, 0.3) is 0 Å². The predicted molar refractivity (Wildman–Crippen MR) is 156 cm³/mol. The lowest BCUT2D eigenvalue weighted by molar-refractivity contribution is -0.125. The average molecular weight is 586 g/mol. The van der Waals surface area contributed by atoms with Crippen molar-refractivity contribution in [3.8, 4) is 11.5 Å². The summed E-state index contributed by atoms with van der Waals surface area (Å²) >= 11 is 0. The summed E-state index contributed by atoms with van der Waals surface area (Å²) in [4.78, 5) is 51.5. The second-order valence-corrected chi connectivity index (χ2v) is 11.1. The minimum atomic E-state index is -0.534. The van der Waals surface area contributed by atoms with Gasteiger partial charge in [-0.2, -0.15) is 0 Å². The zero-order valence-corrected chi connectivity index (χ0v) is 24.2. The highest BCUT2D eigenvalue weighted by Gasteiger charge is 2.41. The predicted octanol–water partition coefficient (Wildman–Crippen LogP) is 2.45. The molecule has 3 aliphatic heterocycles. The first-order valence-corrected chi connectivity index (χ1v) is 14.7. The molecule has 1 saturated heterocycles. The second kappa shape index (κ2) is 12.8. The highest BCUT2D eigenvalue weighted by Crippen LogP contribution is 2.36. The van der Waals surface area contributed by atoms with Crippen molar-refractivity contribution in [1.29, 1.82) is 0 Å². The molecule has 11 nitrogen and oxygen atoms in total. The van der Waals surface area contributed by atoms with E-state index in [1.807, 2.05) is 36.4 Å². The Bertz CT molecular complexity index is 1500. The van der Waals surface area contributed by atoms with Crippen LogP contribution in [0.15, 0.2) is 54.9 Å². The van der Waals surface area contributed by atoms with Gasteiger partial charge >= 0.3 is 5.97 Å². The van der Waals surface area contributed by atoms with E-state index in [0.717, 1.165) is 42.0 Å². The Morgan fingerprint density at radius 3 is 2.74 bits per heavy atom. The SMILES string of the molecule is COC(=O)c1cnc(CN2CCCOc3cccc(c3)[C@H]3CN(C(=O)c4ccc5c(c4)CCO5)C[C@@H]3C(=O)NCC2)cn1. The Morgan fingerprint density at radius 1 is 1.02 bits per heavy atom. The number of esters is 1. The van der Waals surface area contributed by atoms with Gasteiger partial charge in [-0.15, -0.1) is 0 Å². The molecule has 224 valence electrons. The maximum atomic E-state index is 13.6. The number of hydrogen-bond acceptors (Lipinski definition) is 9. The topological polar surface area (TPSA) is 123 Å². The smallest absolute Gasteiger partial charge is 0.358 e. The highest BCUT2D eigenvalue weighted by molar-refractivity contribution is 5.95. The molecule has 1 aromatic heterocycles. The zero-order valence-electron chi connectivity index (χ0n) is 24.2. The quantitative estimate of drug-likeness (QED) is 0.460. The third-order valence-electron chi connectivity index (χ3n) is 8.27. The minimum Gasteiger partial charge on any atom is -0.494 e. The Hall–Kier alpha value is -4.51. The number of carbonyl (C=O) groups is 3. The fourth-order valence-electron chi connectivity index (χ4n) is 6.00. The fourth-order valence-corrected chi connectivity index (χ4v) is 6.00. The molecule has 0 aliphatic carbocycles.